The van der Waals surface area contributed by atoms with Gasteiger partial charge < -0.3 is 15.3 Å². The smallest absolute Gasteiger partial charge is 0.330 e. The maximum Gasteiger partial charge on any atom is 0.330 e. The molecule has 72 valence electrons. The first-order chi connectivity index (χ1) is 6.00. The van der Waals surface area contributed by atoms with E-state index in [1.807, 2.05) is 0 Å². The Kier molecular flexibility index (Phi) is 2.55. The lowest BCUT2D eigenvalue weighted by atomic mass is 10.1. The Morgan fingerprint density at radius 3 is 2.77 bits per heavy atom. The van der Waals surface area contributed by atoms with Crippen LogP contribution < -0.4 is 5.32 Å². The summed E-state index contributed by atoms with van der Waals surface area (Å²) in [5, 5.41) is 11.1. The third-order valence-corrected chi connectivity index (χ3v) is 1.71. The maximum absolute atomic E-state index is 10.9. The van der Waals surface area contributed by atoms with E-state index in [0.29, 0.717) is 5.57 Å². The molecule has 1 amide bonds. The summed E-state index contributed by atoms with van der Waals surface area (Å²) < 4.78 is 0. The molecule has 1 aliphatic rings. The molecule has 0 aromatic heterocycles. The lowest BCUT2D eigenvalue weighted by Crippen LogP contribution is -2.34. The van der Waals surface area contributed by atoms with Crippen LogP contribution >= 0.6 is 0 Å². The Bertz CT molecular complexity index is 271. The Morgan fingerprint density at radius 1 is 1.69 bits per heavy atom. The van der Waals surface area contributed by atoms with Crippen LogP contribution in [0.5, 0.6) is 0 Å². The van der Waals surface area contributed by atoms with Gasteiger partial charge in [-0.2, -0.15) is 0 Å². The molecule has 5 nitrogen and oxygen atoms in total. The number of carboxylic acids is 1. The van der Waals surface area contributed by atoms with Crippen molar-refractivity contribution < 1.29 is 14.7 Å². The second-order valence-corrected chi connectivity index (χ2v) is 3.18. The van der Waals surface area contributed by atoms with E-state index in [4.69, 9.17) is 5.11 Å². The first-order valence-corrected chi connectivity index (χ1v) is 3.90. The molecule has 5 heteroatoms. The number of amides is 1. The lowest BCUT2D eigenvalue weighted by Gasteiger charge is -2.10. The molecule has 13 heavy (non-hydrogen) atoms. The molecule has 0 unspecified atom stereocenters. The van der Waals surface area contributed by atoms with E-state index in [1.165, 1.54) is 0 Å². The molecule has 1 saturated heterocycles. The van der Waals surface area contributed by atoms with Crippen molar-refractivity contribution >= 4 is 11.9 Å². The van der Waals surface area contributed by atoms with Gasteiger partial charge in [0.25, 0.3) is 0 Å². The first kappa shape index (κ1) is 9.57. The van der Waals surface area contributed by atoms with Gasteiger partial charge in [0.05, 0.1) is 6.42 Å². The van der Waals surface area contributed by atoms with Crippen LogP contribution in [-0.2, 0) is 9.59 Å². The van der Waals surface area contributed by atoms with E-state index in [2.05, 4.69) is 5.32 Å². The molecule has 1 rings (SSSR count). The SMILES string of the molecule is CN(C)C=C1CC(=O)N[C@@H]1C(=O)O. The number of nitrogens with one attached hydrogen (secondary N) is 1. The van der Waals surface area contributed by atoms with E-state index in [1.54, 1.807) is 25.2 Å². The van der Waals surface area contributed by atoms with E-state index in [9.17, 15) is 9.59 Å². The van der Waals surface area contributed by atoms with Crippen LogP contribution in [-0.4, -0.2) is 42.0 Å². The van der Waals surface area contributed by atoms with Gasteiger partial charge in [-0.15, -0.1) is 0 Å². The van der Waals surface area contributed by atoms with Crippen molar-refractivity contribution in [3.63, 3.8) is 0 Å². The third kappa shape index (κ3) is 2.21. The number of hydrogen-bond acceptors (Lipinski definition) is 3. The minimum absolute atomic E-state index is 0.176. The monoisotopic (exact) mass is 184 g/mol. The summed E-state index contributed by atoms with van der Waals surface area (Å²) in [5.41, 5.74) is 0.600. The molecule has 1 atom stereocenters. The Balaban J connectivity index is 2.83. The Hall–Kier alpha value is -1.52. The molecule has 0 aliphatic carbocycles. The van der Waals surface area contributed by atoms with Crippen molar-refractivity contribution in [3.8, 4) is 0 Å². The predicted molar refractivity (Wildman–Crippen MR) is 46.0 cm³/mol. The molecule has 1 fully saturated rings. The van der Waals surface area contributed by atoms with E-state index >= 15 is 0 Å². The number of hydrogen-bond donors (Lipinski definition) is 2. The van der Waals surface area contributed by atoms with E-state index in [0.717, 1.165) is 0 Å². The third-order valence-electron chi connectivity index (χ3n) is 1.71. The predicted octanol–water partition coefficient (Wildman–Crippen LogP) is -0.595. The summed E-state index contributed by atoms with van der Waals surface area (Å²) in [6.45, 7) is 0. The second-order valence-electron chi connectivity index (χ2n) is 3.18. The highest BCUT2D eigenvalue weighted by molar-refractivity contribution is 5.92. The molecular weight excluding hydrogens is 172 g/mol. The molecule has 0 spiro atoms. The first-order valence-electron chi connectivity index (χ1n) is 3.90. The summed E-state index contributed by atoms with van der Waals surface area (Å²) >= 11 is 0. The summed E-state index contributed by atoms with van der Waals surface area (Å²) in [6.07, 6.45) is 1.84. The van der Waals surface area contributed by atoms with Crippen molar-refractivity contribution in [2.24, 2.45) is 0 Å². The molecule has 1 heterocycles. The van der Waals surface area contributed by atoms with Crippen LogP contribution in [0.4, 0.5) is 0 Å². The van der Waals surface area contributed by atoms with Crippen LogP contribution in [0.2, 0.25) is 0 Å². The van der Waals surface area contributed by atoms with Crippen LogP contribution in [0.1, 0.15) is 6.42 Å². The van der Waals surface area contributed by atoms with Crippen molar-refractivity contribution in [2.75, 3.05) is 14.1 Å². The quantitative estimate of drug-likeness (QED) is 0.601. The molecule has 0 radical (unpaired) electrons. The van der Waals surface area contributed by atoms with Gasteiger partial charge in [0.1, 0.15) is 0 Å². The van der Waals surface area contributed by atoms with Gasteiger partial charge >= 0.3 is 5.97 Å². The largest absolute Gasteiger partial charge is 0.479 e. The molecule has 0 aromatic carbocycles. The van der Waals surface area contributed by atoms with E-state index in [-0.39, 0.29) is 12.3 Å². The maximum atomic E-state index is 10.9. The topological polar surface area (TPSA) is 69.6 Å². The normalized spacial score (nSPS) is 24.6. The second kappa shape index (κ2) is 3.47. The standard InChI is InChI=1S/C8H12N2O3/c1-10(2)4-5-3-6(11)9-7(5)8(12)13/h4,7H,3H2,1-2H3,(H,9,11)(H,12,13)/t7-/m0/s1. The Morgan fingerprint density at radius 2 is 2.31 bits per heavy atom. The number of rotatable bonds is 2. The lowest BCUT2D eigenvalue weighted by molar-refractivity contribution is -0.139. The zero-order valence-electron chi connectivity index (χ0n) is 7.57. The van der Waals surface area contributed by atoms with Gasteiger partial charge in [0, 0.05) is 20.3 Å². The number of carbonyl (C=O) groups excluding carboxylic acids is 1. The average Bonchev–Trinajstić information content (AvgIpc) is 2.29. The van der Waals surface area contributed by atoms with Gasteiger partial charge in [0.15, 0.2) is 6.04 Å². The molecule has 1 aliphatic heterocycles. The number of nitrogens with zero attached hydrogens (tertiary/aromatic N) is 1. The van der Waals surface area contributed by atoms with Gasteiger partial charge in [-0.05, 0) is 5.57 Å². The number of carbonyl (C=O) groups is 2. The van der Waals surface area contributed by atoms with Gasteiger partial charge in [-0.25, -0.2) is 4.79 Å². The summed E-state index contributed by atoms with van der Waals surface area (Å²) in [4.78, 5) is 23.3. The van der Waals surface area contributed by atoms with Crippen LogP contribution in [0, 0.1) is 0 Å². The molecule has 2 N–H and O–H groups in total. The van der Waals surface area contributed by atoms with E-state index < -0.39 is 12.0 Å². The average molecular weight is 184 g/mol. The van der Waals surface area contributed by atoms with Crippen molar-refractivity contribution in [1.82, 2.24) is 10.2 Å². The van der Waals surface area contributed by atoms with Crippen molar-refractivity contribution in [3.05, 3.63) is 11.8 Å². The zero-order valence-corrected chi connectivity index (χ0v) is 7.57. The van der Waals surface area contributed by atoms with Crippen LogP contribution in [0.25, 0.3) is 0 Å². The highest BCUT2D eigenvalue weighted by Gasteiger charge is 2.32. The van der Waals surface area contributed by atoms with Crippen LogP contribution in [0.15, 0.2) is 11.8 Å². The molecule has 0 bridgehead atoms. The number of aliphatic carboxylic acids is 1. The summed E-state index contributed by atoms with van der Waals surface area (Å²) in [7, 11) is 3.57. The van der Waals surface area contributed by atoms with Crippen molar-refractivity contribution in [2.45, 2.75) is 12.5 Å². The highest BCUT2D eigenvalue weighted by Crippen LogP contribution is 2.15. The fourth-order valence-electron chi connectivity index (χ4n) is 1.26. The fraction of sp³-hybridized carbons (Fsp3) is 0.500. The zero-order chi connectivity index (χ0) is 10.0. The summed E-state index contributed by atoms with van der Waals surface area (Å²) in [5.74, 6) is -1.25. The van der Waals surface area contributed by atoms with Gasteiger partial charge in [-0.1, -0.05) is 0 Å². The van der Waals surface area contributed by atoms with Gasteiger partial charge in [-0.3, -0.25) is 4.79 Å². The molecular formula is C8H12N2O3. The number of carboxylic acid groups (broad SMARTS) is 1. The fourth-order valence-corrected chi connectivity index (χ4v) is 1.26. The highest BCUT2D eigenvalue weighted by atomic mass is 16.4. The Labute approximate surface area is 76.0 Å². The van der Waals surface area contributed by atoms with Crippen LogP contribution in [0.3, 0.4) is 0 Å². The summed E-state index contributed by atoms with van der Waals surface area (Å²) in [6, 6.07) is -0.852. The minimum Gasteiger partial charge on any atom is -0.479 e. The van der Waals surface area contributed by atoms with Crippen molar-refractivity contribution in [1.29, 1.82) is 0 Å². The minimum atomic E-state index is -1.01. The molecule has 0 saturated carbocycles. The van der Waals surface area contributed by atoms with Gasteiger partial charge in [0.2, 0.25) is 5.91 Å². The molecule has 0 aromatic rings.